The second-order valence-corrected chi connectivity index (χ2v) is 4.55. The number of methoxy groups -OCH3 is 1. The van der Waals surface area contributed by atoms with E-state index in [0.29, 0.717) is 5.88 Å². The molecule has 0 aliphatic rings. The number of alkyl halides is 1. The van der Waals surface area contributed by atoms with Gasteiger partial charge >= 0.3 is 0 Å². The zero-order chi connectivity index (χ0) is 13.5. The molecule has 2 aromatic carbocycles. The normalized spacial score (nSPS) is 11.9. The Morgan fingerprint density at radius 3 is 2.16 bits per heavy atom. The SMILES string of the molecule is COc1ccc(O[C@H](CCCl)c2ccccc2)cc1. The van der Waals surface area contributed by atoms with Crippen molar-refractivity contribution in [3.8, 4) is 11.5 Å². The van der Waals surface area contributed by atoms with Crippen molar-refractivity contribution < 1.29 is 9.47 Å². The van der Waals surface area contributed by atoms with Gasteiger partial charge in [-0.2, -0.15) is 0 Å². The number of benzene rings is 2. The number of halogens is 1. The molecule has 0 N–H and O–H groups in total. The number of hydrogen-bond acceptors (Lipinski definition) is 2. The second kappa shape index (κ2) is 7.05. The molecule has 0 bridgehead atoms. The van der Waals surface area contributed by atoms with E-state index in [0.717, 1.165) is 23.5 Å². The molecule has 0 unspecified atom stereocenters. The minimum absolute atomic E-state index is 0.0212. The Hall–Kier alpha value is -1.67. The van der Waals surface area contributed by atoms with Crippen LogP contribution in [0.4, 0.5) is 0 Å². The summed E-state index contributed by atoms with van der Waals surface area (Å²) in [6.07, 6.45) is 0.754. The van der Waals surface area contributed by atoms with E-state index in [1.165, 1.54) is 0 Å². The monoisotopic (exact) mass is 276 g/mol. The Balaban J connectivity index is 2.11. The molecule has 100 valence electrons. The second-order valence-electron chi connectivity index (χ2n) is 4.17. The summed E-state index contributed by atoms with van der Waals surface area (Å²) in [7, 11) is 1.65. The van der Waals surface area contributed by atoms with Crippen LogP contribution in [-0.4, -0.2) is 13.0 Å². The maximum Gasteiger partial charge on any atom is 0.125 e. The van der Waals surface area contributed by atoms with E-state index in [1.54, 1.807) is 7.11 Å². The minimum atomic E-state index is -0.0212. The van der Waals surface area contributed by atoms with Crippen LogP contribution in [0, 0.1) is 0 Å². The Bertz CT molecular complexity index is 482. The zero-order valence-corrected chi connectivity index (χ0v) is 11.6. The van der Waals surface area contributed by atoms with Crippen molar-refractivity contribution >= 4 is 11.6 Å². The van der Waals surface area contributed by atoms with Gasteiger partial charge in [0.1, 0.15) is 17.6 Å². The summed E-state index contributed by atoms with van der Waals surface area (Å²) in [6, 6.07) is 17.7. The fourth-order valence-electron chi connectivity index (χ4n) is 1.88. The summed E-state index contributed by atoms with van der Waals surface area (Å²) in [5.74, 6) is 2.20. The molecule has 3 heteroatoms. The lowest BCUT2D eigenvalue weighted by Gasteiger charge is -2.18. The maximum absolute atomic E-state index is 6.00. The van der Waals surface area contributed by atoms with Crippen LogP contribution in [-0.2, 0) is 0 Å². The van der Waals surface area contributed by atoms with Crippen molar-refractivity contribution in [2.45, 2.75) is 12.5 Å². The molecule has 2 nitrogen and oxygen atoms in total. The first-order valence-electron chi connectivity index (χ1n) is 6.25. The van der Waals surface area contributed by atoms with Crippen molar-refractivity contribution in [2.24, 2.45) is 0 Å². The van der Waals surface area contributed by atoms with Gasteiger partial charge in [0.2, 0.25) is 0 Å². The predicted molar refractivity (Wildman–Crippen MR) is 78.1 cm³/mol. The first-order valence-corrected chi connectivity index (χ1v) is 6.78. The summed E-state index contributed by atoms with van der Waals surface area (Å²) < 4.78 is 11.1. The van der Waals surface area contributed by atoms with Crippen LogP contribution in [0.1, 0.15) is 18.1 Å². The van der Waals surface area contributed by atoms with Crippen molar-refractivity contribution in [3.05, 3.63) is 60.2 Å². The van der Waals surface area contributed by atoms with Gasteiger partial charge < -0.3 is 9.47 Å². The van der Waals surface area contributed by atoms with Crippen LogP contribution >= 0.6 is 11.6 Å². The summed E-state index contributed by atoms with van der Waals surface area (Å²) in [6.45, 7) is 0. The molecule has 0 radical (unpaired) electrons. The molecule has 0 aliphatic carbocycles. The topological polar surface area (TPSA) is 18.5 Å². The van der Waals surface area contributed by atoms with Crippen LogP contribution in [0.5, 0.6) is 11.5 Å². The molecule has 0 aliphatic heterocycles. The van der Waals surface area contributed by atoms with E-state index in [-0.39, 0.29) is 6.10 Å². The third-order valence-electron chi connectivity index (χ3n) is 2.88. The number of ether oxygens (including phenoxy) is 2. The first-order chi connectivity index (χ1) is 9.33. The Labute approximate surface area is 118 Å². The highest BCUT2D eigenvalue weighted by atomic mass is 35.5. The van der Waals surface area contributed by atoms with E-state index in [1.807, 2.05) is 42.5 Å². The van der Waals surface area contributed by atoms with Crippen LogP contribution < -0.4 is 9.47 Å². The molecular formula is C16H17ClO2. The molecule has 0 heterocycles. The number of rotatable bonds is 6. The minimum Gasteiger partial charge on any atom is -0.497 e. The molecular weight excluding hydrogens is 260 g/mol. The van der Waals surface area contributed by atoms with Crippen LogP contribution in [0.15, 0.2) is 54.6 Å². The lowest BCUT2D eigenvalue weighted by molar-refractivity contribution is 0.202. The van der Waals surface area contributed by atoms with Crippen molar-refractivity contribution in [3.63, 3.8) is 0 Å². The molecule has 1 atom stereocenters. The van der Waals surface area contributed by atoms with E-state index in [4.69, 9.17) is 21.1 Å². The lowest BCUT2D eigenvalue weighted by atomic mass is 10.1. The summed E-state index contributed by atoms with van der Waals surface area (Å²) >= 11 is 5.86. The van der Waals surface area contributed by atoms with Crippen LogP contribution in [0.25, 0.3) is 0 Å². The highest BCUT2D eigenvalue weighted by molar-refractivity contribution is 6.17. The van der Waals surface area contributed by atoms with E-state index in [2.05, 4.69) is 12.1 Å². The van der Waals surface area contributed by atoms with Gasteiger partial charge in [-0.3, -0.25) is 0 Å². The third kappa shape index (κ3) is 3.90. The highest BCUT2D eigenvalue weighted by Gasteiger charge is 2.12. The largest absolute Gasteiger partial charge is 0.497 e. The fourth-order valence-corrected chi connectivity index (χ4v) is 2.08. The third-order valence-corrected chi connectivity index (χ3v) is 3.10. The van der Waals surface area contributed by atoms with Crippen molar-refractivity contribution in [1.82, 2.24) is 0 Å². The fraction of sp³-hybridized carbons (Fsp3) is 0.250. The predicted octanol–water partition coefficient (Wildman–Crippen LogP) is 4.44. The van der Waals surface area contributed by atoms with E-state index in [9.17, 15) is 0 Å². The molecule has 0 amide bonds. The van der Waals surface area contributed by atoms with E-state index < -0.39 is 0 Å². The maximum atomic E-state index is 6.00. The zero-order valence-electron chi connectivity index (χ0n) is 10.9. The lowest BCUT2D eigenvalue weighted by Crippen LogP contribution is -2.08. The van der Waals surface area contributed by atoms with Gasteiger partial charge in [0.15, 0.2) is 0 Å². The van der Waals surface area contributed by atoms with Gasteiger partial charge in [-0.1, -0.05) is 30.3 Å². The molecule has 2 rings (SSSR count). The van der Waals surface area contributed by atoms with Gasteiger partial charge in [0.25, 0.3) is 0 Å². The van der Waals surface area contributed by atoms with Gasteiger partial charge in [-0.25, -0.2) is 0 Å². The highest BCUT2D eigenvalue weighted by Crippen LogP contribution is 2.26. The van der Waals surface area contributed by atoms with Gasteiger partial charge in [-0.15, -0.1) is 11.6 Å². The summed E-state index contributed by atoms with van der Waals surface area (Å²) in [5.41, 5.74) is 1.14. The summed E-state index contributed by atoms with van der Waals surface area (Å²) in [5, 5.41) is 0. The smallest absolute Gasteiger partial charge is 0.125 e. The molecule has 0 aromatic heterocycles. The Morgan fingerprint density at radius 2 is 1.58 bits per heavy atom. The number of hydrogen-bond donors (Lipinski definition) is 0. The van der Waals surface area contributed by atoms with Crippen molar-refractivity contribution in [1.29, 1.82) is 0 Å². The summed E-state index contributed by atoms with van der Waals surface area (Å²) in [4.78, 5) is 0. The average molecular weight is 277 g/mol. The van der Waals surface area contributed by atoms with Crippen molar-refractivity contribution in [2.75, 3.05) is 13.0 Å². The molecule has 0 saturated carbocycles. The van der Waals surface area contributed by atoms with Crippen LogP contribution in [0.2, 0.25) is 0 Å². The molecule has 19 heavy (non-hydrogen) atoms. The van der Waals surface area contributed by atoms with Crippen LogP contribution in [0.3, 0.4) is 0 Å². The van der Waals surface area contributed by atoms with E-state index >= 15 is 0 Å². The Kier molecular flexibility index (Phi) is 5.10. The first kappa shape index (κ1) is 13.8. The Morgan fingerprint density at radius 1 is 0.947 bits per heavy atom. The van der Waals surface area contributed by atoms with Gasteiger partial charge in [0.05, 0.1) is 7.11 Å². The van der Waals surface area contributed by atoms with Gasteiger partial charge in [0, 0.05) is 12.3 Å². The standard InChI is InChI=1S/C16H17ClO2/c1-18-14-7-9-15(10-8-14)19-16(11-12-17)13-5-3-2-4-6-13/h2-10,16H,11-12H2,1H3/t16-/m1/s1. The van der Waals surface area contributed by atoms with Gasteiger partial charge in [-0.05, 0) is 29.8 Å². The molecule has 0 fully saturated rings. The molecule has 0 saturated heterocycles. The molecule has 0 spiro atoms. The molecule has 2 aromatic rings. The average Bonchev–Trinajstić information content (AvgIpc) is 2.48. The quantitative estimate of drug-likeness (QED) is 0.726.